The number of anilines is 2. The van der Waals surface area contributed by atoms with Gasteiger partial charge in [0.25, 0.3) is 5.91 Å². The summed E-state index contributed by atoms with van der Waals surface area (Å²) in [4.78, 5) is 18.2. The topological polar surface area (TPSA) is 101 Å². The molecule has 2 heterocycles. The van der Waals surface area contributed by atoms with Crippen molar-refractivity contribution in [1.82, 2.24) is 14.8 Å². The Morgan fingerprint density at radius 2 is 1.77 bits per heavy atom. The summed E-state index contributed by atoms with van der Waals surface area (Å²) >= 11 is 0. The van der Waals surface area contributed by atoms with Crippen LogP contribution in [0.25, 0.3) is 11.4 Å². The number of carbonyl (C=O) groups is 1. The summed E-state index contributed by atoms with van der Waals surface area (Å²) in [6.07, 6.45) is 0. The summed E-state index contributed by atoms with van der Waals surface area (Å²) in [6, 6.07) is 23.1. The molecule has 1 aromatic heterocycles. The second-order valence-electron chi connectivity index (χ2n) is 8.14. The summed E-state index contributed by atoms with van der Waals surface area (Å²) in [7, 11) is 0. The number of fused-ring (bicyclic) bond motifs is 1. The van der Waals surface area contributed by atoms with Crippen molar-refractivity contribution in [2.45, 2.75) is 19.9 Å². The predicted molar refractivity (Wildman–Crippen MR) is 134 cm³/mol. The molecule has 8 nitrogen and oxygen atoms in total. The Hall–Kier alpha value is -4.59. The molecular formula is C27H25N5O3. The van der Waals surface area contributed by atoms with Crippen LogP contribution in [0.15, 0.2) is 90.1 Å². The predicted octanol–water partition coefficient (Wildman–Crippen LogP) is 4.98. The summed E-state index contributed by atoms with van der Waals surface area (Å²) in [5.41, 5.74) is 3.51. The number of ether oxygens (including phenoxy) is 1. The summed E-state index contributed by atoms with van der Waals surface area (Å²) < 4.78 is 7.25. The number of aromatic nitrogens is 3. The highest BCUT2D eigenvalue weighted by atomic mass is 16.5. The van der Waals surface area contributed by atoms with E-state index in [0.717, 1.165) is 16.9 Å². The van der Waals surface area contributed by atoms with Gasteiger partial charge in [0, 0.05) is 16.9 Å². The van der Waals surface area contributed by atoms with Gasteiger partial charge in [-0.25, -0.2) is 4.68 Å². The normalized spacial score (nSPS) is 14.7. The molecule has 35 heavy (non-hydrogen) atoms. The van der Waals surface area contributed by atoms with E-state index in [1.165, 1.54) is 0 Å². The van der Waals surface area contributed by atoms with Crippen LogP contribution in [0.2, 0.25) is 0 Å². The van der Waals surface area contributed by atoms with Crippen molar-refractivity contribution in [3.8, 4) is 22.9 Å². The maximum absolute atomic E-state index is 13.5. The second-order valence-corrected chi connectivity index (χ2v) is 8.14. The van der Waals surface area contributed by atoms with E-state index in [-0.39, 0.29) is 11.7 Å². The molecule has 0 saturated heterocycles. The van der Waals surface area contributed by atoms with E-state index in [4.69, 9.17) is 14.8 Å². The van der Waals surface area contributed by atoms with E-state index in [1.807, 2.05) is 68.4 Å². The SMILES string of the molecule is CCOc1ccc(-c2nc3n(n2)C(c2ccc(O)cc2)C(C(=O)Nc2ccccc2)=C(C)N3)cc1. The third-order valence-corrected chi connectivity index (χ3v) is 5.76. The third-order valence-electron chi connectivity index (χ3n) is 5.76. The van der Waals surface area contributed by atoms with Gasteiger partial charge in [-0.3, -0.25) is 4.79 Å². The molecule has 0 fully saturated rings. The molecule has 1 atom stereocenters. The van der Waals surface area contributed by atoms with E-state index in [9.17, 15) is 9.90 Å². The van der Waals surface area contributed by atoms with Crippen LogP contribution in [0, 0.1) is 0 Å². The average molecular weight is 468 g/mol. The van der Waals surface area contributed by atoms with E-state index >= 15 is 0 Å². The number of amides is 1. The van der Waals surface area contributed by atoms with Gasteiger partial charge in [-0.15, -0.1) is 5.10 Å². The number of allylic oxidation sites excluding steroid dienone is 1. The van der Waals surface area contributed by atoms with Crippen LogP contribution in [0.1, 0.15) is 25.5 Å². The van der Waals surface area contributed by atoms with Crippen molar-refractivity contribution in [3.63, 3.8) is 0 Å². The maximum atomic E-state index is 13.5. The first kappa shape index (κ1) is 22.2. The molecule has 0 saturated carbocycles. The fourth-order valence-corrected chi connectivity index (χ4v) is 4.12. The van der Waals surface area contributed by atoms with Gasteiger partial charge in [0.1, 0.15) is 17.5 Å². The van der Waals surface area contributed by atoms with Crippen molar-refractivity contribution in [3.05, 3.63) is 95.7 Å². The molecule has 4 aromatic rings. The lowest BCUT2D eigenvalue weighted by Gasteiger charge is -2.28. The fourth-order valence-electron chi connectivity index (χ4n) is 4.12. The lowest BCUT2D eigenvalue weighted by molar-refractivity contribution is -0.113. The second kappa shape index (κ2) is 9.34. The standard InChI is InChI=1S/C27H25N5O3/c1-3-35-22-15-11-19(12-16-22)25-30-27-28-17(2)23(26(34)29-20-7-5-4-6-8-20)24(32(27)31-25)18-9-13-21(33)14-10-18/h4-16,24,33H,3H2,1-2H3,(H,29,34)(H,28,30,31). The van der Waals surface area contributed by atoms with Crippen molar-refractivity contribution in [2.24, 2.45) is 0 Å². The molecule has 0 aliphatic carbocycles. The number of aromatic hydroxyl groups is 1. The number of carbonyl (C=O) groups excluding carboxylic acids is 1. The molecule has 176 valence electrons. The Morgan fingerprint density at radius 3 is 2.46 bits per heavy atom. The number of para-hydroxylation sites is 1. The number of hydrogen-bond acceptors (Lipinski definition) is 6. The number of nitrogens with one attached hydrogen (secondary N) is 2. The highest BCUT2D eigenvalue weighted by Crippen LogP contribution is 2.37. The molecule has 0 bridgehead atoms. The van der Waals surface area contributed by atoms with E-state index in [2.05, 4.69) is 10.6 Å². The molecule has 1 aliphatic rings. The number of benzene rings is 3. The zero-order chi connectivity index (χ0) is 24.4. The van der Waals surface area contributed by atoms with Gasteiger partial charge in [0.05, 0.1) is 12.2 Å². The van der Waals surface area contributed by atoms with Crippen molar-refractivity contribution < 1.29 is 14.6 Å². The first-order valence-electron chi connectivity index (χ1n) is 11.4. The lowest BCUT2D eigenvalue weighted by Crippen LogP contribution is -2.31. The van der Waals surface area contributed by atoms with E-state index < -0.39 is 6.04 Å². The Labute approximate surface area is 202 Å². The number of nitrogens with zero attached hydrogens (tertiary/aromatic N) is 3. The Kier molecular flexibility index (Phi) is 5.93. The van der Waals surface area contributed by atoms with E-state index in [1.54, 1.807) is 28.9 Å². The lowest BCUT2D eigenvalue weighted by atomic mass is 9.95. The summed E-state index contributed by atoms with van der Waals surface area (Å²) in [6.45, 7) is 4.38. The monoisotopic (exact) mass is 467 g/mol. The largest absolute Gasteiger partial charge is 0.508 e. The molecule has 3 aromatic carbocycles. The van der Waals surface area contributed by atoms with E-state index in [0.29, 0.717) is 35.3 Å². The highest BCUT2D eigenvalue weighted by molar-refractivity contribution is 6.06. The van der Waals surface area contributed by atoms with Crippen LogP contribution in [0.5, 0.6) is 11.5 Å². The first-order valence-corrected chi connectivity index (χ1v) is 11.4. The van der Waals surface area contributed by atoms with Crippen LogP contribution < -0.4 is 15.4 Å². The van der Waals surface area contributed by atoms with Gasteiger partial charge >= 0.3 is 0 Å². The zero-order valence-corrected chi connectivity index (χ0v) is 19.4. The number of hydrogen-bond donors (Lipinski definition) is 3. The minimum absolute atomic E-state index is 0.146. The van der Waals surface area contributed by atoms with Crippen LogP contribution in [0.4, 0.5) is 11.6 Å². The van der Waals surface area contributed by atoms with Crippen LogP contribution in [0.3, 0.4) is 0 Å². The van der Waals surface area contributed by atoms with Gasteiger partial charge in [-0.1, -0.05) is 30.3 Å². The number of phenolic OH excluding ortho intramolecular Hbond substituents is 1. The van der Waals surface area contributed by atoms with Crippen LogP contribution in [-0.4, -0.2) is 32.4 Å². The fraction of sp³-hybridized carbons (Fsp3) is 0.148. The Morgan fingerprint density at radius 1 is 1.06 bits per heavy atom. The molecular weight excluding hydrogens is 442 g/mol. The Bertz CT molecular complexity index is 1380. The van der Waals surface area contributed by atoms with Crippen LogP contribution >= 0.6 is 0 Å². The van der Waals surface area contributed by atoms with Crippen molar-refractivity contribution >= 4 is 17.5 Å². The molecule has 1 unspecified atom stereocenters. The maximum Gasteiger partial charge on any atom is 0.255 e. The van der Waals surface area contributed by atoms with Gasteiger partial charge in [0.15, 0.2) is 5.82 Å². The molecule has 3 N–H and O–H groups in total. The van der Waals surface area contributed by atoms with Gasteiger partial charge < -0.3 is 20.5 Å². The summed E-state index contributed by atoms with van der Waals surface area (Å²) in [5.74, 6) is 1.73. The average Bonchev–Trinajstić information content (AvgIpc) is 3.28. The first-order chi connectivity index (χ1) is 17.0. The highest BCUT2D eigenvalue weighted by Gasteiger charge is 2.34. The van der Waals surface area contributed by atoms with Gasteiger partial charge in [0.2, 0.25) is 5.95 Å². The van der Waals surface area contributed by atoms with Crippen molar-refractivity contribution in [2.75, 3.05) is 17.2 Å². The third kappa shape index (κ3) is 4.46. The molecule has 1 aliphatic heterocycles. The minimum atomic E-state index is -0.542. The molecule has 0 spiro atoms. The van der Waals surface area contributed by atoms with Gasteiger partial charge in [-0.05, 0) is 67.9 Å². The quantitative estimate of drug-likeness (QED) is 0.370. The number of phenols is 1. The molecule has 8 heteroatoms. The summed E-state index contributed by atoms with van der Waals surface area (Å²) in [5, 5.41) is 20.8. The molecule has 0 radical (unpaired) electrons. The van der Waals surface area contributed by atoms with Crippen LogP contribution in [-0.2, 0) is 4.79 Å². The molecule has 5 rings (SSSR count). The Balaban J connectivity index is 1.56. The minimum Gasteiger partial charge on any atom is -0.508 e. The smallest absolute Gasteiger partial charge is 0.255 e. The van der Waals surface area contributed by atoms with Crippen molar-refractivity contribution in [1.29, 1.82) is 0 Å². The molecule has 1 amide bonds. The number of rotatable bonds is 6. The van der Waals surface area contributed by atoms with Gasteiger partial charge in [-0.2, -0.15) is 4.98 Å². The zero-order valence-electron chi connectivity index (χ0n) is 19.4.